The Morgan fingerprint density at radius 2 is 0.807 bits per heavy atom. The van der Waals surface area contributed by atoms with Crippen molar-refractivity contribution in [3.05, 3.63) is 162 Å². The predicted molar refractivity (Wildman–Crippen MR) is 411 cm³/mol. The van der Waals surface area contributed by atoms with Crippen molar-refractivity contribution in [3.63, 3.8) is 0 Å². The summed E-state index contributed by atoms with van der Waals surface area (Å²) in [5.41, 5.74) is 7.41. The molecule has 24 heteroatoms. The van der Waals surface area contributed by atoms with E-state index in [1.54, 1.807) is 107 Å². The Balaban J connectivity index is 0.000000124. The number of Topliss-reactive ketones (excluding diaryl/α,β-unsaturated/α-hetero) is 1. The molecular weight excluding hydrogens is 1400 g/mol. The number of nitrogens with one attached hydrogen (secondary N) is 3. The van der Waals surface area contributed by atoms with Gasteiger partial charge in [-0.25, -0.2) is 13.2 Å². The van der Waals surface area contributed by atoms with Crippen LogP contribution in [0.2, 0.25) is 0 Å². The van der Waals surface area contributed by atoms with Crippen LogP contribution in [0.3, 0.4) is 0 Å². The first-order valence-corrected chi connectivity index (χ1v) is 37.5. The molecular formula is C85H90F3N9O12. The fourth-order valence-corrected chi connectivity index (χ4v) is 16.1. The zero-order valence-electron chi connectivity index (χ0n) is 62.4. The van der Waals surface area contributed by atoms with Gasteiger partial charge in [-0.05, 0) is 170 Å². The quantitative estimate of drug-likeness (QED) is 0.0390. The van der Waals surface area contributed by atoms with Crippen LogP contribution in [-0.4, -0.2) is 175 Å². The Bertz CT molecular complexity index is 5400. The average Bonchev–Trinajstić information content (AvgIpc) is 1.60. The number of pyridine rings is 3. The van der Waals surface area contributed by atoms with Crippen LogP contribution in [-0.2, 0) is 9.53 Å². The van der Waals surface area contributed by atoms with E-state index in [1.807, 2.05) is 70.3 Å². The molecule has 3 aliphatic heterocycles. The van der Waals surface area contributed by atoms with Gasteiger partial charge in [0.2, 0.25) is 0 Å². The molecule has 3 aliphatic carbocycles. The lowest BCUT2D eigenvalue weighted by molar-refractivity contribution is -0.120. The largest absolute Gasteiger partial charge is 0.493 e. The molecule has 3 saturated heterocycles. The molecule has 4 N–H and O–H groups in total. The number of aliphatic hydroxyl groups is 1. The number of carbonyl (C=O) groups is 1. The lowest BCUT2D eigenvalue weighted by Crippen LogP contribution is -2.25. The molecule has 568 valence electrons. The number of aromatic nitrogens is 6. The number of hydrogen-bond donors (Lipinski definition) is 4. The summed E-state index contributed by atoms with van der Waals surface area (Å²) in [5, 5.41) is 13.8. The number of likely N-dealkylation sites (tertiary alicyclic amines) is 3. The van der Waals surface area contributed by atoms with Crippen LogP contribution in [0.15, 0.2) is 128 Å². The second kappa shape index (κ2) is 30.2. The van der Waals surface area contributed by atoms with Gasteiger partial charge in [0, 0.05) is 178 Å². The van der Waals surface area contributed by atoms with E-state index < -0.39 is 17.5 Å². The summed E-state index contributed by atoms with van der Waals surface area (Å²) in [7, 11) is 6.61. The molecule has 109 heavy (non-hydrogen) atoms. The van der Waals surface area contributed by atoms with Crippen molar-refractivity contribution in [2.45, 2.75) is 90.8 Å². The number of aryl methyl sites for hydroxylation is 3. The summed E-state index contributed by atoms with van der Waals surface area (Å²) >= 11 is 0. The predicted octanol–water partition coefficient (Wildman–Crippen LogP) is 16.4. The molecule has 2 atom stereocenters. The number of aromatic amines is 3. The van der Waals surface area contributed by atoms with Crippen molar-refractivity contribution in [2.75, 3.05) is 107 Å². The number of rotatable bonds is 25. The lowest BCUT2D eigenvalue weighted by atomic mass is 10.0. The van der Waals surface area contributed by atoms with Crippen molar-refractivity contribution < 1.29 is 70.4 Å². The number of benzene rings is 6. The molecule has 0 bridgehead atoms. The third kappa shape index (κ3) is 15.0. The summed E-state index contributed by atoms with van der Waals surface area (Å²) in [4.78, 5) is 42.0. The fraction of sp³-hybridized carbons (Fsp3) is 0.388. The minimum Gasteiger partial charge on any atom is -0.493 e. The van der Waals surface area contributed by atoms with Gasteiger partial charge in [-0.15, -0.1) is 0 Å². The molecule has 6 aromatic carbocycles. The van der Waals surface area contributed by atoms with Crippen LogP contribution in [0.4, 0.5) is 13.2 Å². The van der Waals surface area contributed by atoms with Crippen molar-refractivity contribution in [2.24, 2.45) is 16.2 Å². The number of methoxy groups -OCH3 is 4. The molecule has 6 aliphatic rings. The molecule has 0 amide bonds. The van der Waals surface area contributed by atoms with E-state index in [2.05, 4.69) is 44.6 Å². The van der Waals surface area contributed by atoms with E-state index in [0.717, 1.165) is 131 Å². The zero-order chi connectivity index (χ0) is 75.3. The van der Waals surface area contributed by atoms with E-state index in [4.69, 9.17) is 47.4 Å². The maximum atomic E-state index is 15.1. The standard InChI is InChI=1S/C29H32FN3O4.C28H30FN3O4.C28H28FN3O4/c1-18-13-20-21(32-18)5-6-24(28(20)30)37-23-7-10-31-22-15-26(25(34-2)14-19(22)23)36-12-4-11-33-16-27(35-3)29(17-33)8-9-29;2*1-17-12-19-20(31-17)4-5-23(27(19)29)36-22-6-9-30-21-14-25(24(34-2)13-18(21)22)35-11-3-10-32-15-26(33)28(16-32)7-8-28/h5-7,10,13-15,27,32H,4,8-9,11-12,16-17H2,1-3H3;4-6,9,12-14,26,31,33H,3,7-8,10-11,15-16H2,1-2H3;4-6,9,12-14,31H,3,7-8,10-11,15-16H2,1-2H3. The van der Waals surface area contributed by atoms with Crippen LogP contribution in [0.1, 0.15) is 74.9 Å². The van der Waals surface area contributed by atoms with Crippen molar-refractivity contribution in [1.82, 2.24) is 44.6 Å². The third-order valence-electron chi connectivity index (χ3n) is 22.5. The number of ether oxygens (including phenoxy) is 10. The molecule has 6 aromatic heterocycles. The summed E-state index contributed by atoms with van der Waals surface area (Å²) in [6, 6.07) is 31.7. The highest BCUT2D eigenvalue weighted by atomic mass is 19.1. The second-order valence-corrected chi connectivity index (χ2v) is 30.1. The minimum atomic E-state index is -0.416. The first-order valence-electron chi connectivity index (χ1n) is 37.5. The highest BCUT2D eigenvalue weighted by Gasteiger charge is 2.56. The van der Waals surface area contributed by atoms with Crippen LogP contribution in [0.25, 0.3) is 65.4 Å². The summed E-state index contributed by atoms with van der Waals surface area (Å²) in [6.45, 7) is 15.3. The van der Waals surface area contributed by atoms with E-state index in [1.165, 1.54) is 12.8 Å². The first-order chi connectivity index (χ1) is 52.9. The molecule has 18 rings (SSSR count). The van der Waals surface area contributed by atoms with E-state index in [-0.39, 0.29) is 34.2 Å². The number of nitrogens with zero attached hydrogens (tertiary/aromatic N) is 6. The van der Waals surface area contributed by atoms with Gasteiger partial charge < -0.3 is 67.4 Å². The number of H-pyrrole nitrogens is 3. The zero-order valence-corrected chi connectivity index (χ0v) is 62.4. The maximum absolute atomic E-state index is 15.1. The van der Waals surface area contributed by atoms with Gasteiger partial charge in [0.1, 0.15) is 17.2 Å². The average molecular weight is 1490 g/mol. The number of β-amino-alcohol motifs (C(OH)–C–C–N with tert-alkyl or cyclic N) is 1. The van der Waals surface area contributed by atoms with Gasteiger partial charge in [-0.3, -0.25) is 34.4 Å². The van der Waals surface area contributed by atoms with Crippen LogP contribution < -0.4 is 42.6 Å². The SMILES string of the molecule is COc1cc2c(Oc3ccc4[nH]c(C)cc4c3F)ccnc2cc1OCCCN1CC(=O)C2(CC2)C1.COc1cc2c(Oc3ccc4[nH]c(C)cc4c3F)ccnc2cc1OCCCN1CC(O)C2(CC2)C1.COc1cc2c(Oc3ccc4[nH]c(C)cc4c3F)ccnc2cc1OCCCN1CC(OC)C2(CC2)C1. The number of carbonyl (C=O) groups excluding carboxylic acids is 1. The Morgan fingerprint density at radius 3 is 1.15 bits per heavy atom. The molecule has 0 radical (unpaired) electrons. The van der Waals surface area contributed by atoms with E-state index >= 15 is 13.2 Å². The topological polar surface area (TPSA) is 225 Å². The Hall–Kier alpha value is -10.4. The minimum absolute atomic E-state index is 0.0247. The van der Waals surface area contributed by atoms with E-state index in [0.29, 0.717) is 144 Å². The normalized spacial score (nSPS) is 18.1. The summed E-state index contributed by atoms with van der Waals surface area (Å²) < 4.78 is 104. The highest BCUT2D eigenvalue weighted by Crippen LogP contribution is 2.55. The molecule has 6 fully saturated rings. The van der Waals surface area contributed by atoms with Gasteiger partial charge in [-0.2, -0.15) is 0 Å². The third-order valence-corrected chi connectivity index (χ3v) is 22.5. The van der Waals surface area contributed by atoms with Crippen molar-refractivity contribution >= 4 is 71.2 Å². The van der Waals surface area contributed by atoms with Gasteiger partial charge in [0.25, 0.3) is 0 Å². The molecule has 21 nitrogen and oxygen atoms in total. The Morgan fingerprint density at radius 1 is 0.431 bits per heavy atom. The molecule has 9 heterocycles. The fourth-order valence-electron chi connectivity index (χ4n) is 16.1. The van der Waals surface area contributed by atoms with Gasteiger partial charge >= 0.3 is 0 Å². The smallest absolute Gasteiger partial charge is 0.175 e. The van der Waals surface area contributed by atoms with Crippen LogP contribution >= 0.6 is 0 Å². The van der Waals surface area contributed by atoms with Gasteiger partial charge in [0.15, 0.2) is 75.0 Å². The lowest BCUT2D eigenvalue weighted by Gasteiger charge is -2.17. The van der Waals surface area contributed by atoms with Gasteiger partial charge in [-0.1, -0.05) is 0 Å². The molecule has 12 aromatic rings. The number of ketones is 1. The van der Waals surface area contributed by atoms with Crippen LogP contribution in [0, 0.1) is 54.5 Å². The number of hydrogen-bond acceptors (Lipinski definition) is 18. The second-order valence-electron chi connectivity index (χ2n) is 30.1. The summed E-state index contributed by atoms with van der Waals surface area (Å²) in [6.07, 6.45) is 14.6. The molecule has 3 spiro atoms. The van der Waals surface area contributed by atoms with Crippen molar-refractivity contribution in [3.8, 4) is 69.0 Å². The maximum Gasteiger partial charge on any atom is 0.175 e. The highest BCUT2D eigenvalue weighted by molar-refractivity contribution is 5.93. The Kier molecular flexibility index (Phi) is 20.2. The monoisotopic (exact) mass is 1490 g/mol. The van der Waals surface area contributed by atoms with Crippen LogP contribution in [0.5, 0.6) is 69.0 Å². The molecule has 2 unspecified atom stereocenters. The van der Waals surface area contributed by atoms with E-state index in [9.17, 15) is 9.90 Å². The number of fused-ring (bicyclic) bond motifs is 6. The Labute approximate surface area is 628 Å². The molecule has 3 saturated carbocycles. The van der Waals surface area contributed by atoms with Gasteiger partial charge in [0.05, 0.1) is 76.5 Å². The first kappa shape index (κ1) is 72.8. The number of halogens is 3. The number of aliphatic hydroxyl groups excluding tert-OH is 1. The summed E-state index contributed by atoms with van der Waals surface area (Å²) in [5.74, 6) is 4.57. The van der Waals surface area contributed by atoms with Crippen molar-refractivity contribution in [1.29, 1.82) is 0 Å².